The number of rotatable bonds is 8. The molecule has 3 aromatic rings. The minimum atomic E-state index is 0.0828. The molecule has 0 saturated heterocycles. The molecule has 0 aliphatic carbocycles. The van der Waals surface area contributed by atoms with E-state index in [4.69, 9.17) is 4.74 Å². The Labute approximate surface area is 157 Å². The molecule has 132 valence electrons. The summed E-state index contributed by atoms with van der Waals surface area (Å²) in [6.45, 7) is 6.03. The van der Waals surface area contributed by atoms with Crippen LogP contribution in [0, 0.1) is 0 Å². The van der Waals surface area contributed by atoms with Crippen LogP contribution >= 0.6 is 0 Å². The van der Waals surface area contributed by atoms with Crippen molar-refractivity contribution in [1.82, 2.24) is 0 Å². The molecule has 0 amide bonds. The highest BCUT2D eigenvalue weighted by atomic mass is 16.5. The van der Waals surface area contributed by atoms with E-state index in [1.165, 1.54) is 11.1 Å². The van der Waals surface area contributed by atoms with Gasteiger partial charge in [0, 0.05) is 5.92 Å². The highest BCUT2D eigenvalue weighted by molar-refractivity contribution is 5.48. The topological polar surface area (TPSA) is 9.23 Å². The summed E-state index contributed by atoms with van der Waals surface area (Å²) in [5, 5.41) is 0. The van der Waals surface area contributed by atoms with Crippen LogP contribution in [0.5, 0.6) is 5.75 Å². The standard InChI is InChI=1S/C25H26O/c1-3-11-24(26-23-18-16-20(4-2)17-19-23)25(21-12-7-5-8-13-21)22-14-9-6-10-15-22/h4-10,12-19,24-25H,2-3,11H2,1H3. The van der Waals surface area contributed by atoms with Crippen LogP contribution in [-0.2, 0) is 0 Å². The van der Waals surface area contributed by atoms with Gasteiger partial charge in [-0.15, -0.1) is 0 Å². The van der Waals surface area contributed by atoms with Crippen LogP contribution in [-0.4, -0.2) is 6.10 Å². The Morgan fingerprint density at radius 3 is 1.81 bits per heavy atom. The van der Waals surface area contributed by atoms with Crippen molar-refractivity contribution in [2.24, 2.45) is 0 Å². The van der Waals surface area contributed by atoms with Crippen molar-refractivity contribution in [3.05, 3.63) is 108 Å². The largest absolute Gasteiger partial charge is 0.489 e. The average molecular weight is 342 g/mol. The lowest BCUT2D eigenvalue weighted by molar-refractivity contribution is 0.172. The Kier molecular flexibility index (Phi) is 6.27. The van der Waals surface area contributed by atoms with Gasteiger partial charge in [0.25, 0.3) is 0 Å². The van der Waals surface area contributed by atoms with Crippen LogP contribution in [0.1, 0.15) is 42.4 Å². The van der Waals surface area contributed by atoms with Gasteiger partial charge in [-0.25, -0.2) is 0 Å². The smallest absolute Gasteiger partial charge is 0.119 e. The van der Waals surface area contributed by atoms with E-state index < -0.39 is 0 Å². The SMILES string of the molecule is C=Cc1ccc(OC(CCC)C(c2ccccc2)c2ccccc2)cc1. The predicted octanol–water partition coefficient (Wildman–Crippen LogP) is 6.71. The summed E-state index contributed by atoms with van der Waals surface area (Å²) in [5.74, 6) is 1.11. The third kappa shape index (κ3) is 4.43. The van der Waals surface area contributed by atoms with Crippen molar-refractivity contribution in [3.63, 3.8) is 0 Å². The van der Waals surface area contributed by atoms with Gasteiger partial charge >= 0.3 is 0 Å². The third-order valence-electron chi connectivity index (χ3n) is 4.67. The molecule has 0 aliphatic heterocycles. The highest BCUT2D eigenvalue weighted by Gasteiger charge is 2.26. The quantitative estimate of drug-likeness (QED) is 0.442. The number of benzene rings is 3. The molecule has 0 saturated carbocycles. The number of hydrogen-bond donors (Lipinski definition) is 0. The first-order valence-corrected chi connectivity index (χ1v) is 9.31. The molecule has 0 bridgehead atoms. The van der Waals surface area contributed by atoms with Crippen LogP contribution < -0.4 is 4.74 Å². The maximum atomic E-state index is 6.49. The molecule has 0 heterocycles. The van der Waals surface area contributed by atoms with Gasteiger partial charge in [-0.3, -0.25) is 0 Å². The Morgan fingerprint density at radius 1 is 0.808 bits per heavy atom. The molecule has 0 radical (unpaired) electrons. The lowest BCUT2D eigenvalue weighted by Gasteiger charge is -2.29. The third-order valence-corrected chi connectivity index (χ3v) is 4.67. The van der Waals surface area contributed by atoms with Gasteiger partial charge < -0.3 is 4.74 Å². The van der Waals surface area contributed by atoms with Crippen molar-refractivity contribution < 1.29 is 4.74 Å². The van der Waals surface area contributed by atoms with Crippen molar-refractivity contribution in [2.75, 3.05) is 0 Å². The van der Waals surface area contributed by atoms with Gasteiger partial charge in [-0.1, -0.05) is 98.8 Å². The normalized spacial score (nSPS) is 11.9. The Hall–Kier alpha value is -2.80. The molecule has 1 heteroatoms. The fraction of sp³-hybridized carbons (Fsp3) is 0.200. The van der Waals surface area contributed by atoms with Gasteiger partial charge in [-0.2, -0.15) is 0 Å². The van der Waals surface area contributed by atoms with Crippen LogP contribution in [0.25, 0.3) is 6.08 Å². The van der Waals surface area contributed by atoms with Crippen molar-refractivity contribution in [1.29, 1.82) is 0 Å². The second-order valence-electron chi connectivity index (χ2n) is 6.52. The molecular weight excluding hydrogens is 316 g/mol. The summed E-state index contributed by atoms with van der Waals surface area (Å²) >= 11 is 0. The summed E-state index contributed by atoms with van der Waals surface area (Å²) in [7, 11) is 0. The second kappa shape index (κ2) is 9.05. The Morgan fingerprint density at radius 2 is 1.35 bits per heavy atom. The first-order chi connectivity index (χ1) is 12.8. The summed E-state index contributed by atoms with van der Waals surface area (Å²) in [5.41, 5.74) is 3.69. The Bertz CT molecular complexity index is 751. The van der Waals surface area contributed by atoms with Gasteiger partial charge in [0.05, 0.1) is 0 Å². The van der Waals surface area contributed by atoms with E-state index in [-0.39, 0.29) is 12.0 Å². The molecule has 1 unspecified atom stereocenters. The lowest BCUT2D eigenvalue weighted by atomic mass is 9.84. The molecule has 0 spiro atoms. The fourth-order valence-corrected chi connectivity index (χ4v) is 3.38. The van der Waals surface area contributed by atoms with Gasteiger partial charge in [0.15, 0.2) is 0 Å². The van der Waals surface area contributed by atoms with E-state index in [1.54, 1.807) is 0 Å². The van der Waals surface area contributed by atoms with Crippen molar-refractivity contribution in [2.45, 2.75) is 31.8 Å². The van der Waals surface area contributed by atoms with Crippen LogP contribution in [0.3, 0.4) is 0 Å². The van der Waals surface area contributed by atoms with E-state index in [1.807, 2.05) is 30.3 Å². The first kappa shape index (κ1) is 18.0. The second-order valence-corrected chi connectivity index (χ2v) is 6.52. The lowest BCUT2D eigenvalue weighted by Crippen LogP contribution is -2.26. The zero-order chi connectivity index (χ0) is 18.2. The zero-order valence-electron chi connectivity index (χ0n) is 15.3. The molecule has 3 rings (SSSR count). The van der Waals surface area contributed by atoms with Gasteiger partial charge in [-0.05, 0) is 35.2 Å². The monoisotopic (exact) mass is 342 g/mol. The Balaban J connectivity index is 1.95. The summed E-state index contributed by atoms with van der Waals surface area (Å²) in [6.07, 6.45) is 4.01. The van der Waals surface area contributed by atoms with E-state index in [9.17, 15) is 0 Å². The first-order valence-electron chi connectivity index (χ1n) is 9.31. The molecule has 26 heavy (non-hydrogen) atoms. The molecule has 0 aliphatic rings. The van der Waals surface area contributed by atoms with Crippen molar-refractivity contribution >= 4 is 6.08 Å². The zero-order valence-corrected chi connectivity index (χ0v) is 15.3. The minimum absolute atomic E-state index is 0.0828. The summed E-state index contributed by atoms with van der Waals surface area (Å²) in [4.78, 5) is 0. The molecule has 0 N–H and O–H groups in total. The molecule has 0 fully saturated rings. The number of hydrogen-bond acceptors (Lipinski definition) is 1. The van der Waals surface area contributed by atoms with E-state index in [0.717, 1.165) is 24.2 Å². The maximum absolute atomic E-state index is 6.49. The molecular formula is C25H26O. The fourth-order valence-electron chi connectivity index (χ4n) is 3.38. The molecule has 1 nitrogen and oxygen atoms in total. The van der Waals surface area contributed by atoms with Gasteiger partial charge in [0.1, 0.15) is 11.9 Å². The minimum Gasteiger partial charge on any atom is -0.489 e. The highest BCUT2D eigenvalue weighted by Crippen LogP contribution is 2.33. The van der Waals surface area contributed by atoms with Crippen LogP contribution in [0.4, 0.5) is 0 Å². The van der Waals surface area contributed by atoms with E-state index in [0.29, 0.717) is 0 Å². The number of ether oxygens (including phenoxy) is 1. The average Bonchev–Trinajstić information content (AvgIpc) is 2.70. The van der Waals surface area contributed by atoms with E-state index >= 15 is 0 Å². The predicted molar refractivity (Wildman–Crippen MR) is 111 cm³/mol. The summed E-state index contributed by atoms with van der Waals surface area (Å²) in [6, 6.07) is 29.5. The van der Waals surface area contributed by atoms with Crippen LogP contribution in [0.2, 0.25) is 0 Å². The molecule has 0 aromatic heterocycles. The molecule has 1 atom stereocenters. The maximum Gasteiger partial charge on any atom is 0.119 e. The van der Waals surface area contributed by atoms with E-state index in [2.05, 4.69) is 74.2 Å². The van der Waals surface area contributed by atoms with Crippen LogP contribution in [0.15, 0.2) is 91.5 Å². The molecule has 3 aromatic carbocycles. The van der Waals surface area contributed by atoms with Gasteiger partial charge in [0.2, 0.25) is 0 Å². The summed E-state index contributed by atoms with van der Waals surface area (Å²) < 4.78 is 6.49. The van der Waals surface area contributed by atoms with Crippen molar-refractivity contribution in [3.8, 4) is 5.75 Å².